The van der Waals surface area contributed by atoms with Gasteiger partial charge >= 0.3 is 12.1 Å². The van der Waals surface area contributed by atoms with Gasteiger partial charge in [-0.25, -0.2) is 4.39 Å². The summed E-state index contributed by atoms with van der Waals surface area (Å²) in [5, 5.41) is 5.76. The molecule has 0 atom stereocenters. The molecule has 0 radical (unpaired) electrons. The highest BCUT2D eigenvalue weighted by Crippen LogP contribution is 2.29. The molecule has 10 heteroatoms. The van der Waals surface area contributed by atoms with Crippen molar-refractivity contribution < 1.29 is 26.9 Å². The van der Waals surface area contributed by atoms with Crippen LogP contribution in [0.5, 0.6) is 0 Å². The van der Waals surface area contributed by atoms with Gasteiger partial charge in [-0.1, -0.05) is 11.2 Å². The lowest BCUT2D eigenvalue weighted by Gasteiger charge is -2.20. The van der Waals surface area contributed by atoms with Crippen molar-refractivity contribution in [3.8, 4) is 11.4 Å². The Hall–Kier alpha value is -2.49. The first-order valence-electron chi connectivity index (χ1n) is 7.79. The van der Waals surface area contributed by atoms with Gasteiger partial charge in [-0.3, -0.25) is 4.79 Å². The van der Waals surface area contributed by atoms with Crippen LogP contribution in [0.4, 0.5) is 17.6 Å². The van der Waals surface area contributed by atoms with Crippen molar-refractivity contribution in [3.63, 3.8) is 0 Å². The minimum Gasteiger partial charge on any atom is -0.351 e. The van der Waals surface area contributed by atoms with Gasteiger partial charge in [0.05, 0.1) is 5.56 Å². The summed E-state index contributed by atoms with van der Waals surface area (Å²) in [5.41, 5.74) is -0.252. The van der Waals surface area contributed by atoms with E-state index in [0.717, 1.165) is 12.1 Å². The Morgan fingerprint density at radius 1 is 1.35 bits per heavy atom. The summed E-state index contributed by atoms with van der Waals surface area (Å²) < 4.78 is 55.7. The summed E-state index contributed by atoms with van der Waals surface area (Å²) in [6.07, 6.45) is -4.78. The molecule has 26 heavy (non-hydrogen) atoms. The number of benzene rings is 1. The Morgan fingerprint density at radius 2 is 2.04 bits per heavy atom. The summed E-state index contributed by atoms with van der Waals surface area (Å²) in [7, 11) is 1.90. The molecular formula is C16H18F4N4O2. The average molecular weight is 374 g/mol. The molecular weight excluding hydrogens is 356 g/mol. The number of hydrogen-bond donors (Lipinski definition) is 1. The number of amides is 1. The minimum atomic E-state index is -4.78. The van der Waals surface area contributed by atoms with E-state index in [9.17, 15) is 22.4 Å². The highest BCUT2D eigenvalue weighted by Gasteiger charge is 2.38. The maximum Gasteiger partial charge on any atom is 0.471 e. The van der Waals surface area contributed by atoms with Crippen molar-refractivity contribution in [3.05, 3.63) is 35.5 Å². The molecule has 0 aliphatic carbocycles. The third-order valence-electron chi connectivity index (χ3n) is 3.77. The van der Waals surface area contributed by atoms with Crippen LogP contribution in [0.25, 0.3) is 11.4 Å². The molecule has 1 amide bonds. The van der Waals surface area contributed by atoms with E-state index in [-0.39, 0.29) is 11.1 Å². The quantitative estimate of drug-likeness (QED) is 0.788. The highest BCUT2D eigenvalue weighted by molar-refractivity contribution is 5.94. The monoisotopic (exact) mass is 374 g/mol. The number of hydrogen-bond acceptors (Lipinski definition) is 5. The fourth-order valence-electron chi connectivity index (χ4n) is 1.99. The highest BCUT2D eigenvalue weighted by atomic mass is 19.4. The zero-order valence-electron chi connectivity index (χ0n) is 14.4. The van der Waals surface area contributed by atoms with Crippen LogP contribution in [0.2, 0.25) is 0 Å². The van der Waals surface area contributed by atoms with E-state index in [1.165, 1.54) is 6.07 Å². The van der Waals surface area contributed by atoms with E-state index in [1.807, 2.05) is 25.8 Å². The lowest BCUT2D eigenvalue weighted by atomic mass is 10.1. The molecule has 1 N–H and O–H groups in total. The number of carbonyl (C=O) groups excluding carboxylic acids is 1. The number of rotatable bonds is 6. The van der Waals surface area contributed by atoms with Crippen LogP contribution >= 0.6 is 0 Å². The molecule has 0 fully saturated rings. The van der Waals surface area contributed by atoms with E-state index in [2.05, 4.69) is 20.0 Å². The van der Waals surface area contributed by atoms with Gasteiger partial charge in [-0.05, 0) is 33.0 Å². The molecule has 0 unspecified atom stereocenters. The number of alkyl halides is 3. The van der Waals surface area contributed by atoms with Crippen LogP contribution in [-0.2, 0) is 6.18 Å². The van der Waals surface area contributed by atoms with Crippen LogP contribution in [0.1, 0.15) is 30.1 Å². The molecule has 142 valence electrons. The third kappa shape index (κ3) is 4.78. The fraction of sp³-hybridized carbons (Fsp3) is 0.438. The normalized spacial score (nSPS) is 12.0. The second-order valence-electron chi connectivity index (χ2n) is 5.95. The van der Waals surface area contributed by atoms with E-state index in [0.29, 0.717) is 19.1 Å². The van der Waals surface area contributed by atoms with Crippen LogP contribution in [-0.4, -0.2) is 47.1 Å². The van der Waals surface area contributed by atoms with Gasteiger partial charge in [0.15, 0.2) is 0 Å². The lowest BCUT2D eigenvalue weighted by molar-refractivity contribution is -0.159. The van der Waals surface area contributed by atoms with Crippen molar-refractivity contribution in [1.82, 2.24) is 20.4 Å². The first-order valence-corrected chi connectivity index (χ1v) is 7.79. The Labute approximate surface area is 147 Å². The Kier molecular flexibility index (Phi) is 5.96. The molecule has 0 saturated heterocycles. The molecule has 0 aliphatic heterocycles. The molecule has 0 saturated carbocycles. The molecule has 1 heterocycles. The third-order valence-corrected chi connectivity index (χ3v) is 3.77. The number of halogens is 4. The van der Waals surface area contributed by atoms with Crippen molar-refractivity contribution in [2.24, 2.45) is 0 Å². The zero-order valence-corrected chi connectivity index (χ0v) is 14.4. The van der Waals surface area contributed by atoms with E-state index >= 15 is 0 Å². The molecule has 1 aromatic carbocycles. The van der Waals surface area contributed by atoms with Gasteiger partial charge in [0.2, 0.25) is 5.82 Å². The molecule has 6 nitrogen and oxygen atoms in total. The van der Waals surface area contributed by atoms with Crippen LogP contribution in [0, 0.1) is 5.82 Å². The number of nitrogens with zero attached hydrogens (tertiary/aromatic N) is 3. The van der Waals surface area contributed by atoms with E-state index < -0.39 is 29.6 Å². The Balaban J connectivity index is 2.07. The molecule has 2 aromatic rings. The topological polar surface area (TPSA) is 71.3 Å². The summed E-state index contributed by atoms with van der Waals surface area (Å²) in [6, 6.07) is 3.61. The van der Waals surface area contributed by atoms with Gasteiger partial charge < -0.3 is 14.7 Å². The number of likely N-dealkylation sites (N-methyl/N-ethyl adjacent to an activating group) is 1. The maximum absolute atomic E-state index is 14.2. The Bertz CT molecular complexity index is 774. The first-order chi connectivity index (χ1) is 12.1. The van der Waals surface area contributed by atoms with E-state index in [1.54, 1.807) is 0 Å². The minimum absolute atomic E-state index is 0.0298. The largest absolute Gasteiger partial charge is 0.471 e. The number of nitrogens with one attached hydrogen (secondary N) is 1. The molecule has 0 spiro atoms. The van der Waals surface area contributed by atoms with E-state index in [4.69, 9.17) is 0 Å². The van der Waals surface area contributed by atoms with Crippen LogP contribution in [0.15, 0.2) is 22.7 Å². The maximum atomic E-state index is 14.2. The first kappa shape index (κ1) is 19.8. The zero-order chi connectivity index (χ0) is 19.5. The number of aromatic nitrogens is 2. The molecule has 1 aromatic heterocycles. The molecule has 2 rings (SSSR count). The predicted molar refractivity (Wildman–Crippen MR) is 84.8 cm³/mol. The fourth-order valence-corrected chi connectivity index (χ4v) is 1.99. The van der Waals surface area contributed by atoms with Crippen molar-refractivity contribution in [1.29, 1.82) is 0 Å². The Morgan fingerprint density at radius 3 is 2.58 bits per heavy atom. The van der Waals surface area contributed by atoms with Gasteiger partial charge in [-0.15, -0.1) is 0 Å². The SMILES string of the molecule is CC(C)N(C)CCNC(=O)c1ccc(-c2noc(C(F)(F)F)n2)cc1F. The second-order valence-corrected chi connectivity index (χ2v) is 5.95. The van der Waals surface area contributed by atoms with Crippen molar-refractivity contribution in [2.75, 3.05) is 20.1 Å². The average Bonchev–Trinajstić information content (AvgIpc) is 3.04. The van der Waals surface area contributed by atoms with Gasteiger partial charge in [0.25, 0.3) is 5.91 Å². The van der Waals surface area contributed by atoms with Gasteiger partial charge in [-0.2, -0.15) is 18.2 Å². The van der Waals surface area contributed by atoms with Crippen molar-refractivity contribution >= 4 is 5.91 Å². The number of carbonyl (C=O) groups is 1. The smallest absolute Gasteiger partial charge is 0.351 e. The lowest BCUT2D eigenvalue weighted by Crippen LogP contribution is -2.36. The van der Waals surface area contributed by atoms with Crippen molar-refractivity contribution in [2.45, 2.75) is 26.1 Å². The van der Waals surface area contributed by atoms with Gasteiger partial charge in [0, 0.05) is 24.7 Å². The molecule has 0 bridgehead atoms. The summed E-state index contributed by atoms with van der Waals surface area (Å²) in [4.78, 5) is 17.2. The standard InChI is InChI=1S/C16H18F4N4O2/c1-9(2)24(3)7-6-21-14(25)11-5-4-10(8-12(11)17)13-22-15(26-23-13)16(18,19)20/h4-5,8-9H,6-7H2,1-3H3,(H,21,25). The molecule has 0 aliphatic rings. The van der Waals surface area contributed by atoms with Gasteiger partial charge in [0.1, 0.15) is 5.82 Å². The summed E-state index contributed by atoms with van der Waals surface area (Å²) >= 11 is 0. The summed E-state index contributed by atoms with van der Waals surface area (Å²) in [6.45, 7) is 4.92. The second kappa shape index (κ2) is 7.81. The van der Waals surface area contributed by atoms with Crippen LogP contribution in [0.3, 0.4) is 0 Å². The summed E-state index contributed by atoms with van der Waals surface area (Å²) in [5.74, 6) is -3.45. The van der Waals surface area contributed by atoms with Crippen LogP contribution < -0.4 is 5.32 Å². The predicted octanol–water partition coefficient (Wildman–Crippen LogP) is 2.96.